The van der Waals surface area contributed by atoms with Crippen LogP contribution in [0.15, 0.2) is 35.2 Å². The maximum Gasteiger partial charge on any atom is 0.219 e. The molecule has 0 bridgehead atoms. The van der Waals surface area contributed by atoms with Crippen LogP contribution in [0.1, 0.15) is 12.5 Å². The van der Waals surface area contributed by atoms with E-state index in [2.05, 4.69) is 9.98 Å². The lowest BCUT2D eigenvalue weighted by Crippen LogP contribution is -2.04. The van der Waals surface area contributed by atoms with Crippen molar-refractivity contribution in [3.05, 3.63) is 45.8 Å². The Labute approximate surface area is 105 Å². The summed E-state index contributed by atoms with van der Waals surface area (Å²) in [5.41, 5.74) is 0.810. The Morgan fingerprint density at radius 2 is 2.39 bits per heavy atom. The lowest BCUT2D eigenvalue weighted by molar-refractivity contribution is -0.479. The first-order valence-electron chi connectivity index (χ1n) is 5.48. The van der Waals surface area contributed by atoms with E-state index in [4.69, 9.17) is 4.74 Å². The highest BCUT2D eigenvalue weighted by molar-refractivity contribution is 5.76. The van der Waals surface area contributed by atoms with Gasteiger partial charge in [-0.15, -0.1) is 0 Å². The molecule has 0 aliphatic heterocycles. The highest BCUT2D eigenvalue weighted by atomic mass is 16.6. The van der Waals surface area contributed by atoms with E-state index in [1.54, 1.807) is 37.7 Å². The van der Waals surface area contributed by atoms with Crippen molar-refractivity contribution >= 4 is 6.21 Å². The van der Waals surface area contributed by atoms with Crippen LogP contribution in [-0.2, 0) is 6.42 Å². The van der Waals surface area contributed by atoms with Gasteiger partial charge in [0.2, 0.25) is 12.4 Å². The smallest absolute Gasteiger partial charge is 0.219 e. The number of aliphatic imine (C=N–C) groups is 1. The Morgan fingerprint density at radius 3 is 2.89 bits per heavy atom. The fraction of sp³-hybridized carbons (Fsp3) is 0.333. The summed E-state index contributed by atoms with van der Waals surface area (Å²) in [5, 5.41) is 10.2. The van der Waals surface area contributed by atoms with Gasteiger partial charge in [-0.1, -0.05) is 6.07 Å². The van der Waals surface area contributed by atoms with Gasteiger partial charge in [-0.2, -0.15) is 0 Å². The number of rotatable bonds is 6. The molecule has 6 nitrogen and oxygen atoms in total. The van der Waals surface area contributed by atoms with Gasteiger partial charge in [0.1, 0.15) is 5.76 Å². The summed E-state index contributed by atoms with van der Waals surface area (Å²) in [7, 11) is 1.65. The molecule has 0 spiro atoms. The molecule has 0 amide bonds. The SMILES string of the molecule is C/C=C(\C=NC)Oc1ccc(CC[N+](=O)[O-])cn1. The van der Waals surface area contributed by atoms with Crippen molar-refractivity contribution in [2.45, 2.75) is 13.3 Å². The highest BCUT2D eigenvalue weighted by Crippen LogP contribution is 2.11. The zero-order valence-corrected chi connectivity index (χ0v) is 10.4. The molecule has 0 fully saturated rings. The van der Waals surface area contributed by atoms with Gasteiger partial charge in [-0.05, 0) is 18.6 Å². The average molecular weight is 249 g/mol. The number of ether oxygens (including phenoxy) is 1. The normalized spacial score (nSPS) is 11.8. The number of nitrogens with zero attached hydrogens (tertiary/aromatic N) is 3. The van der Waals surface area contributed by atoms with E-state index in [0.717, 1.165) is 5.56 Å². The monoisotopic (exact) mass is 249 g/mol. The molecule has 0 saturated carbocycles. The van der Waals surface area contributed by atoms with E-state index in [0.29, 0.717) is 18.1 Å². The maximum atomic E-state index is 10.2. The van der Waals surface area contributed by atoms with E-state index < -0.39 is 0 Å². The zero-order valence-electron chi connectivity index (χ0n) is 10.4. The van der Waals surface area contributed by atoms with Crippen molar-refractivity contribution in [1.82, 2.24) is 4.98 Å². The van der Waals surface area contributed by atoms with Crippen LogP contribution in [0, 0.1) is 10.1 Å². The second kappa shape index (κ2) is 7.16. The first kappa shape index (κ1) is 13.8. The Hall–Kier alpha value is -2.24. The van der Waals surface area contributed by atoms with Crippen LogP contribution in [0.4, 0.5) is 0 Å². The minimum Gasteiger partial charge on any atom is -0.438 e. The van der Waals surface area contributed by atoms with Crippen LogP contribution in [-0.4, -0.2) is 29.7 Å². The van der Waals surface area contributed by atoms with Crippen molar-refractivity contribution < 1.29 is 9.66 Å². The quantitative estimate of drug-likeness (QED) is 0.334. The molecule has 18 heavy (non-hydrogen) atoms. The number of pyridine rings is 1. The van der Waals surface area contributed by atoms with Crippen molar-refractivity contribution in [2.24, 2.45) is 4.99 Å². The van der Waals surface area contributed by atoms with Crippen LogP contribution in [0.5, 0.6) is 5.88 Å². The Kier molecular flexibility index (Phi) is 5.50. The van der Waals surface area contributed by atoms with Crippen LogP contribution in [0.25, 0.3) is 0 Å². The maximum absolute atomic E-state index is 10.2. The van der Waals surface area contributed by atoms with Crippen molar-refractivity contribution in [2.75, 3.05) is 13.6 Å². The third-order valence-electron chi connectivity index (χ3n) is 2.14. The van der Waals surface area contributed by atoms with Crippen molar-refractivity contribution in [1.29, 1.82) is 0 Å². The summed E-state index contributed by atoms with van der Waals surface area (Å²) in [6.07, 6.45) is 5.31. The molecule has 1 aromatic rings. The Bertz CT molecular complexity index is 452. The van der Waals surface area contributed by atoms with E-state index in [1.807, 2.05) is 6.92 Å². The van der Waals surface area contributed by atoms with E-state index in [-0.39, 0.29) is 11.5 Å². The minimum absolute atomic E-state index is 0.0928. The third-order valence-corrected chi connectivity index (χ3v) is 2.14. The number of allylic oxidation sites excluding steroid dienone is 2. The first-order chi connectivity index (χ1) is 8.65. The fourth-order valence-corrected chi connectivity index (χ4v) is 1.25. The van der Waals surface area contributed by atoms with Gasteiger partial charge in [0.25, 0.3) is 0 Å². The van der Waals surface area contributed by atoms with Crippen LogP contribution >= 0.6 is 0 Å². The highest BCUT2D eigenvalue weighted by Gasteiger charge is 2.02. The molecule has 0 atom stereocenters. The molecule has 0 aromatic carbocycles. The number of aromatic nitrogens is 1. The van der Waals surface area contributed by atoms with Gasteiger partial charge in [0.15, 0.2) is 0 Å². The topological polar surface area (TPSA) is 77.6 Å². The lowest BCUT2D eigenvalue weighted by Gasteiger charge is -2.04. The summed E-state index contributed by atoms with van der Waals surface area (Å²) in [5.74, 6) is 1.04. The number of nitro groups is 1. The minimum atomic E-state index is -0.347. The lowest BCUT2D eigenvalue weighted by atomic mass is 10.2. The first-order valence-corrected chi connectivity index (χ1v) is 5.48. The summed E-state index contributed by atoms with van der Waals surface area (Å²) in [6.45, 7) is 1.74. The fourth-order valence-electron chi connectivity index (χ4n) is 1.25. The molecule has 0 N–H and O–H groups in total. The summed E-state index contributed by atoms with van der Waals surface area (Å²) in [4.78, 5) is 17.8. The Balaban J connectivity index is 2.62. The van der Waals surface area contributed by atoms with E-state index in [1.165, 1.54) is 0 Å². The molecule has 0 saturated heterocycles. The molecule has 96 valence electrons. The number of hydrogen-bond acceptors (Lipinski definition) is 5. The van der Waals surface area contributed by atoms with Gasteiger partial charge in [-0.3, -0.25) is 15.1 Å². The standard InChI is InChI=1S/C12H15N3O3/c1-3-11(9-13-2)18-12-5-4-10(8-14-12)6-7-15(16)17/h3-5,8-9H,6-7H2,1-2H3/b11-3+,13-9?. The molecule has 0 unspecified atom stereocenters. The second-order valence-corrected chi connectivity index (χ2v) is 3.49. The molecule has 1 rings (SSSR count). The molecular formula is C12H15N3O3. The van der Waals surface area contributed by atoms with E-state index in [9.17, 15) is 10.1 Å². The van der Waals surface area contributed by atoms with Crippen molar-refractivity contribution in [3.63, 3.8) is 0 Å². The molecule has 1 aromatic heterocycles. The van der Waals surface area contributed by atoms with Crippen molar-refractivity contribution in [3.8, 4) is 5.88 Å². The molecule has 0 aliphatic carbocycles. The average Bonchev–Trinajstić information content (AvgIpc) is 2.37. The predicted molar refractivity (Wildman–Crippen MR) is 68.6 cm³/mol. The van der Waals surface area contributed by atoms with E-state index >= 15 is 0 Å². The van der Waals surface area contributed by atoms with Gasteiger partial charge < -0.3 is 4.74 Å². The zero-order chi connectivity index (χ0) is 13.4. The van der Waals surface area contributed by atoms with Crippen LogP contribution in [0.3, 0.4) is 0 Å². The van der Waals surface area contributed by atoms with Crippen LogP contribution < -0.4 is 4.74 Å². The summed E-state index contributed by atoms with van der Waals surface area (Å²) in [6, 6.07) is 3.45. The van der Waals surface area contributed by atoms with Crippen LogP contribution in [0.2, 0.25) is 0 Å². The van der Waals surface area contributed by atoms with Gasteiger partial charge in [-0.25, -0.2) is 4.98 Å². The summed E-state index contributed by atoms with van der Waals surface area (Å²) >= 11 is 0. The molecular weight excluding hydrogens is 234 g/mol. The molecule has 0 radical (unpaired) electrons. The third kappa shape index (κ3) is 4.73. The Morgan fingerprint density at radius 1 is 1.61 bits per heavy atom. The van der Waals surface area contributed by atoms with Gasteiger partial charge in [0, 0.05) is 30.7 Å². The largest absolute Gasteiger partial charge is 0.438 e. The van der Waals surface area contributed by atoms with Gasteiger partial charge in [0.05, 0.1) is 6.21 Å². The molecule has 6 heteroatoms. The molecule has 1 heterocycles. The summed E-state index contributed by atoms with van der Waals surface area (Å²) < 4.78 is 5.45. The second-order valence-electron chi connectivity index (χ2n) is 3.49. The predicted octanol–water partition coefficient (Wildman–Crippen LogP) is 1.88. The van der Waals surface area contributed by atoms with Gasteiger partial charge >= 0.3 is 0 Å². The number of hydrogen-bond donors (Lipinski definition) is 0. The molecule has 0 aliphatic rings.